The average Bonchev–Trinajstić information content (AvgIpc) is 2.47. The molecule has 4 nitrogen and oxygen atoms in total. The lowest BCUT2D eigenvalue weighted by Crippen LogP contribution is -2.39. The van der Waals surface area contributed by atoms with Gasteiger partial charge in [-0.1, -0.05) is 30.9 Å². The third-order valence-corrected chi connectivity index (χ3v) is 3.89. The van der Waals surface area contributed by atoms with E-state index in [1.165, 1.54) is 13.3 Å². The molecule has 0 radical (unpaired) electrons. The maximum Gasteiger partial charge on any atom is 0.258 e. The standard InChI is InChI=1S/C16H20ClNO3/c1-11(19)14-9-12(17)7-8-15(14)21-10-16(20)18-13-5-3-2-4-6-13/h7-9,13H,2-6,10H2,1H3,(H,18,20). The molecular weight excluding hydrogens is 290 g/mol. The van der Waals surface area contributed by atoms with Crippen LogP contribution in [0.25, 0.3) is 0 Å². The van der Waals surface area contributed by atoms with Gasteiger partial charge in [0.15, 0.2) is 12.4 Å². The van der Waals surface area contributed by atoms with Crippen molar-refractivity contribution in [3.05, 3.63) is 28.8 Å². The number of carbonyl (C=O) groups excluding carboxylic acids is 2. The molecule has 1 aromatic rings. The monoisotopic (exact) mass is 309 g/mol. The molecule has 0 heterocycles. The molecule has 1 N–H and O–H groups in total. The van der Waals surface area contributed by atoms with Crippen LogP contribution in [-0.4, -0.2) is 24.3 Å². The number of nitrogens with one attached hydrogen (secondary N) is 1. The first-order valence-electron chi connectivity index (χ1n) is 7.29. The summed E-state index contributed by atoms with van der Waals surface area (Å²) in [4.78, 5) is 23.4. The van der Waals surface area contributed by atoms with Crippen LogP contribution in [0.1, 0.15) is 49.4 Å². The Bertz CT molecular complexity index is 524. The number of carbonyl (C=O) groups is 2. The smallest absolute Gasteiger partial charge is 0.258 e. The summed E-state index contributed by atoms with van der Waals surface area (Å²) in [5.41, 5.74) is 0.396. The van der Waals surface area contributed by atoms with Crippen LogP contribution in [0.3, 0.4) is 0 Å². The molecule has 5 heteroatoms. The summed E-state index contributed by atoms with van der Waals surface area (Å²) in [7, 11) is 0. The summed E-state index contributed by atoms with van der Waals surface area (Å²) in [6.45, 7) is 1.36. The van der Waals surface area contributed by atoms with E-state index in [1.807, 2.05) is 0 Å². The third-order valence-electron chi connectivity index (χ3n) is 3.65. The number of rotatable bonds is 5. The molecule has 1 aliphatic rings. The van der Waals surface area contributed by atoms with Crippen molar-refractivity contribution < 1.29 is 14.3 Å². The van der Waals surface area contributed by atoms with Crippen molar-refractivity contribution in [1.29, 1.82) is 0 Å². The summed E-state index contributed by atoms with van der Waals surface area (Å²) in [6.07, 6.45) is 5.64. The summed E-state index contributed by atoms with van der Waals surface area (Å²) in [6, 6.07) is 5.07. The number of hydrogen-bond acceptors (Lipinski definition) is 3. The van der Waals surface area contributed by atoms with E-state index in [1.54, 1.807) is 18.2 Å². The Balaban J connectivity index is 1.90. The molecule has 0 aromatic heterocycles. The third kappa shape index (κ3) is 4.74. The minimum absolute atomic E-state index is 0.0849. The van der Waals surface area contributed by atoms with Gasteiger partial charge in [0.05, 0.1) is 5.56 Å². The lowest BCUT2D eigenvalue weighted by Gasteiger charge is -2.22. The van der Waals surface area contributed by atoms with Crippen molar-refractivity contribution in [2.75, 3.05) is 6.61 Å². The van der Waals surface area contributed by atoms with Gasteiger partial charge in [0.2, 0.25) is 0 Å². The zero-order chi connectivity index (χ0) is 15.2. The van der Waals surface area contributed by atoms with Gasteiger partial charge < -0.3 is 10.1 Å². The van der Waals surface area contributed by atoms with Gasteiger partial charge in [0.1, 0.15) is 5.75 Å². The Hall–Kier alpha value is -1.55. The van der Waals surface area contributed by atoms with Crippen molar-refractivity contribution in [1.82, 2.24) is 5.32 Å². The van der Waals surface area contributed by atoms with Crippen LogP contribution in [0.5, 0.6) is 5.75 Å². The molecule has 0 spiro atoms. The van der Waals surface area contributed by atoms with Gasteiger partial charge in [-0.15, -0.1) is 0 Å². The summed E-state index contributed by atoms with van der Waals surface area (Å²) >= 11 is 5.87. The number of benzene rings is 1. The predicted molar refractivity (Wildman–Crippen MR) is 82.0 cm³/mol. The Kier molecular flexibility index (Phi) is 5.62. The second kappa shape index (κ2) is 7.46. The number of amides is 1. The maximum atomic E-state index is 11.9. The Morgan fingerprint density at radius 2 is 2.00 bits per heavy atom. The number of ketones is 1. The highest BCUT2D eigenvalue weighted by atomic mass is 35.5. The molecule has 1 aliphatic carbocycles. The normalized spacial score (nSPS) is 15.5. The number of halogens is 1. The summed E-state index contributed by atoms with van der Waals surface area (Å²) in [5.74, 6) is 0.109. The van der Waals surface area contributed by atoms with E-state index in [-0.39, 0.29) is 24.3 Å². The highest BCUT2D eigenvalue weighted by Gasteiger charge is 2.16. The lowest BCUT2D eigenvalue weighted by molar-refractivity contribution is -0.124. The Morgan fingerprint density at radius 3 is 2.67 bits per heavy atom. The van der Waals surface area contributed by atoms with E-state index in [4.69, 9.17) is 16.3 Å². The van der Waals surface area contributed by atoms with Crippen LogP contribution in [0.4, 0.5) is 0 Å². The quantitative estimate of drug-likeness (QED) is 0.848. The van der Waals surface area contributed by atoms with Crippen LogP contribution in [-0.2, 0) is 4.79 Å². The highest BCUT2D eigenvalue weighted by Crippen LogP contribution is 2.23. The van der Waals surface area contributed by atoms with Gasteiger partial charge in [-0.3, -0.25) is 9.59 Å². The van der Waals surface area contributed by atoms with Gasteiger partial charge in [-0.2, -0.15) is 0 Å². The maximum absolute atomic E-state index is 11.9. The molecule has 114 valence electrons. The van der Waals surface area contributed by atoms with Crippen LogP contribution in [0, 0.1) is 0 Å². The van der Waals surface area contributed by atoms with Gasteiger partial charge >= 0.3 is 0 Å². The minimum atomic E-state index is -0.147. The van der Waals surface area contributed by atoms with E-state index in [9.17, 15) is 9.59 Å². The Labute approximate surface area is 129 Å². The van der Waals surface area contributed by atoms with E-state index in [0.717, 1.165) is 25.7 Å². The molecule has 1 fully saturated rings. The molecule has 1 saturated carbocycles. The van der Waals surface area contributed by atoms with E-state index in [2.05, 4.69) is 5.32 Å². The van der Waals surface area contributed by atoms with E-state index in [0.29, 0.717) is 16.3 Å². The average molecular weight is 310 g/mol. The molecule has 0 aliphatic heterocycles. The van der Waals surface area contributed by atoms with Gasteiger partial charge in [-0.25, -0.2) is 0 Å². The van der Waals surface area contributed by atoms with Crippen molar-refractivity contribution in [3.63, 3.8) is 0 Å². The first kappa shape index (κ1) is 15.8. The van der Waals surface area contributed by atoms with E-state index >= 15 is 0 Å². The fourth-order valence-corrected chi connectivity index (χ4v) is 2.73. The van der Waals surface area contributed by atoms with Crippen LogP contribution >= 0.6 is 11.6 Å². The second-order valence-corrected chi connectivity index (χ2v) is 5.82. The molecule has 1 amide bonds. The fraction of sp³-hybridized carbons (Fsp3) is 0.500. The van der Waals surface area contributed by atoms with E-state index < -0.39 is 0 Å². The molecule has 1 aromatic carbocycles. The number of Topliss-reactive ketones (excluding diaryl/α,β-unsaturated/α-hetero) is 1. The first-order valence-corrected chi connectivity index (χ1v) is 7.66. The predicted octanol–water partition coefficient (Wildman–Crippen LogP) is 3.37. The summed E-state index contributed by atoms with van der Waals surface area (Å²) in [5, 5.41) is 3.45. The Morgan fingerprint density at radius 1 is 1.29 bits per heavy atom. The zero-order valence-electron chi connectivity index (χ0n) is 12.2. The molecule has 2 rings (SSSR count). The fourth-order valence-electron chi connectivity index (χ4n) is 2.56. The molecular formula is C16H20ClNO3. The highest BCUT2D eigenvalue weighted by molar-refractivity contribution is 6.31. The van der Waals surface area contributed by atoms with Crippen molar-refractivity contribution in [2.24, 2.45) is 0 Å². The van der Waals surface area contributed by atoms with Crippen LogP contribution in [0.15, 0.2) is 18.2 Å². The van der Waals surface area contributed by atoms with Gasteiger partial charge in [-0.05, 0) is 38.0 Å². The minimum Gasteiger partial charge on any atom is -0.483 e. The first-order chi connectivity index (χ1) is 10.1. The number of hydrogen-bond donors (Lipinski definition) is 1. The van der Waals surface area contributed by atoms with Gasteiger partial charge in [0, 0.05) is 11.1 Å². The van der Waals surface area contributed by atoms with Crippen LogP contribution in [0.2, 0.25) is 5.02 Å². The molecule has 0 atom stereocenters. The molecule has 21 heavy (non-hydrogen) atoms. The second-order valence-electron chi connectivity index (χ2n) is 5.39. The SMILES string of the molecule is CC(=O)c1cc(Cl)ccc1OCC(=O)NC1CCCCC1. The van der Waals surface area contributed by atoms with Crippen molar-refractivity contribution in [2.45, 2.75) is 45.1 Å². The summed E-state index contributed by atoms with van der Waals surface area (Å²) < 4.78 is 5.47. The molecule has 0 unspecified atom stereocenters. The molecule has 0 saturated heterocycles. The van der Waals surface area contributed by atoms with Crippen molar-refractivity contribution in [3.8, 4) is 5.75 Å². The largest absolute Gasteiger partial charge is 0.483 e. The topological polar surface area (TPSA) is 55.4 Å². The van der Waals surface area contributed by atoms with Gasteiger partial charge in [0.25, 0.3) is 5.91 Å². The van der Waals surface area contributed by atoms with Crippen molar-refractivity contribution >= 4 is 23.3 Å². The zero-order valence-corrected chi connectivity index (χ0v) is 12.9. The number of ether oxygens (including phenoxy) is 1. The lowest BCUT2D eigenvalue weighted by atomic mass is 9.95. The van der Waals surface area contributed by atoms with Crippen LogP contribution < -0.4 is 10.1 Å². The molecule has 0 bridgehead atoms.